The van der Waals surface area contributed by atoms with Gasteiger partial charge in [-0.2, -0.15) is 0 Å². The Labute approximate surface area is 215 Å². The third kappa shape index (κ3) is 3.28. The van der Waals surface area contributed by atoms with Crippen LogP contribution in [0.5, 0.6) is 0 Å². The van der Waals surface area contributed by atoms with E-state index in [-0.39, 0.29) is 36.4 Å². The molecule has 1 aromatic heterocycles. The van der Waals surface area contributed by atoms with Gasteiger partial charge in [-0.15, -0.1) is 0 Å². The van der Waals surface area contributed by atoms with E-state index in [9.17, 15) is 24.3 Å². The van der Waals surface area contributed by atoms with Gasteiger partial charge in [-0.3, -0.25) is 24.1 Å². The molecule has 0 spiro atoms. The van der Waals surface area contributed by atoms with Gasteiger partial charge in [-0.25, -0.2) is 0 Å². The van der Waals surface area contributed by atoms with E-state index in [4.69, 9.17) is 4.42 Å². The van der Waals surface area contributed by atoms with Crippen LogP contribution in [0.4, 0.5) is 5.69 Å². The minimum atomic E-state index is -0.648. The van der Waals surface area contributed by atoms with Crippen molar-refractivity contribution in [3.63, 3.8) is 0 Å². The van der Waals surface area contributed by atoms with E-state index < -0.39 is 23.7 Å². The number of aliphatic hydroxyl groups excluding tert-OH is 1. The lowest BCUT2D eigenvalue weighted by Gasteiger charge is -2.41. The van der Waals surface area contributed by atoms with E-state index >= 15 is 0 Å². The summed E-state index contributed by atoms with van der Waals surface area (Å²) >= 11 is 3.38. The first-order valence-electron chi connectivity index (χ1n) is 11.8. The van der Waals surface area contributed by atoms with Gasteiger partial charge in [0.25, 0.3) is 0 Å². The summed E-state index contributed by atoms with van der Waals surface area (Å²) in [4.78, 5) is 54.9. The molecule has 3 aliphatic carbocycles. The van der Waals surface area contributed by atoms with Gasteiger partial charge in [0, 0.05) is 21.2 Å². The van der Waals surface area contributed by atoms with Crippen molar-refractivity contribution in [1.82, 2.24) is 0 Å². The summed E-state index contributed by atoms with van der Waals surface area (Å²) in [7, 11) is 0. The van der Waals surface area contributed by atoms with Gasteiger partial charge in [0.15, 0.2) is 11.6 Å². The van der Waals surface area contributed by atoms with Crippen LogP contribution in [0.15, 0.2) is 79.7 Å². The molecule has 8 heteroatoms. The van der Waals surface area contributed by atoms with Gasteiger partial charge in [0.05, 0.1) is 23.4 Å². The number of benzene rings is 1. The van der Waals surface area contributed by atoms with Crippen LogP contribution in [0.25, 0.3) is 0 Å². The number of imide groups is 1. The first kappa shape index (κ1) is 23.1. The average molecular weight is 548 g/mol. The summed E-state index contributed by atoms with van der Waals surface area (Å²) in [5.74, 6) is -2.46. The molecule has 4 unspecified atom stereocenters. The zero-order valence-corrected chi connectivity index (χ0v) is 20.9. The Hall–Kier alpha value is -3.36. The number of carbonyl (C=O) groups is 4. The summed E-state index contributed by atoms with van der Waals surface area (Å²) in [6.45, 7) is 1.32. The first-order valence-corrected chi connectivity index (χ1v) is 12.6. The summed E-state index contributed by atoms with van der Waals surface area (Å²) in [5.41, 5.74) is 2.45. The molecular weight excluding hydrogens is 526 g/mol. The molecule has 1 fully saturated rings. The van der Waals surface area contributed by atoms with Crippen LogP contribution in [0.1, 0.15) is 37.2 Å². The van der Waals surface area contributed by atoms with E-state index in [0.29, 0.717) is 40.3 Å². The van der Waals surface area contributed by atoms with E-state index in [2.05, 4.69) is 15.9 Å². The standard InChI is InChI=1S/C28H22BrNO6/c1-13-10-21(32)20-11-19-17(24(25(20)26(13)33)22-9-6-16(12-31)36-22)7-8-18-23(19)28(35)30(27(18)34)15-4-2-14(29)3-5-15/h2-7,9-10,18-19,23-24,31H,8,11-12H2,1H3. The summed E-state index contributed by atoms with van der Waals surface area (Å²) < 4.78 is 6.71. The lowest BCUT2D eigenvalue weighted by Crippen LogP contribution is -2.39. The highest BCUT2D eigenvalue weighted by Crippen LogP contribution is 2.55. The van der Waals surface area contributed by atoms with Crippen molar-refractivity contribution in [2.24, 2.45) is 17.8 Å². The lowest BCUT2D eigenvalue weighted by atomic mass is 9.60. The van der Waals surface area contributed by atoms with E-state index in [1.54, 1.807) is 43.3 Å². The molecule has 2 heterocycles. The number of nitrogens with zero attached hydrogens (tertiary/aromatic N) is 1. The molecule has 1 N–H and O–H groups in total. The molecule has 2 amide bonds. The summed E-state index contributed by atoms with van der Waals surface area (Å²) in [5, 5.41) is 9.55. The molecule has 7 nitrogen and oxygen atoms in total. The Kier molecular flexibility index (Phi) is 5.35. The van der Waals surface area contributed by atoms with Crippen LogP contribution in [-0.4, -0.2) is 28.5 Å². The summed E-state index contributed by atoms with van der Waals surface area (Å²) in [6, 6.07) is 10.4. The number of allylic oxidation sites excluding steroid dienone is 6. The van der Waals surface area contributed by atoms with Gasteiger partial charge in [-0.1, -0.05) is 27.6 Å². The molecule has 1 aliphatic heterocycles. The van der Waals surface area contributed by atoms with Gasteiger partial charge in [0.2, 0.25) is 11.8 Å². The Morgan fingerprint density at radius 3 is 2.47 bits per heavy atom. The molecule has 0 saturated carbocycles. The molecule has 0 bridgehead atoms. The maximum Gasteiger partial charge on any atom is 0.238 e. The number of Topliss-reactive ketones (excluding diaryl/α,β-unsaturated/α-hetero) is 1. The third-order valence-electron chi connectivity index (χ3n) is 7.77. The van der Waals surface area contributed by atoms with E-state index in [1.807, 2.05) is 6.08 Å². The number of amides is 2. The fraction of sp³-hybridized carbons (Fsp3) is 0.286. The number of anilines is 1. The number of fused-ring (bicyclic) bond motifs is 3. The second-order valence-electron chi connectivity index (χ2n) is 9.68. The van der Waals surface area contributed by atoms with Crippen molar-refractivity contribution in [1.29, 1.82) is 0 Å². The molecule has 36 heavy (non-hydrogen) atoms. The third-order valence-corrected chi connectivity index (χ3v) is 8.30. The van der Waals surface area contributed by atoms with Crippen LogP contribution >= 0.6 is 15.9 Å². The molecular formula is C28H22BrNO6. The Morgan fingerprint density at radius 1 is 1.03 bits per heavy atom. The summed E-state index contributed by atoms with van der Waals surface area (Å²) in [6.07, 6.45) is 3.87. The SMILES string of the molecule is CC1=CC(=O)C2=C(C1=O)C(c1ccc(CO)o1)C1=CCC3C(=O)N(c4ccc(Br)cc4)C(=O)C3C1C2. The average Bonchev–Trinajstić information content (AvgIpc) is 3.44. The second kappa shape index (κ2) is 8.35. The second-order valence-corrected chi connectivity index (χ2v) is 10.6. The van der Waals surface area contributed by atoms with E-state index in [1.165, 1.54) is 11.0 Å². The quantitative estimate of drug-likeness (QED) is 0.351. The Balaban J connectivity index is 1.47. The van der Waals surface area contributed by atoms with Crippen molar-refractivity contribution >= 4 is 45.0 Å². The zero-order chi connectivity index (χ0) is 25.3. The minimum Gasteiger partial charge on any atom is -0.463 e. The Morgan fingerprint density at radius 2 is 1.78 bits per heavy atom. The highest BCUT2D eigenvalue weighted by molar-refractivity contribution is 9.10. The number of ketones is 2. The minimum absolute atomic E-state index is 0.216. The topological polar surface area (TPSA) is 105 Å². The van der Waals surface area contributed by atoms with Crippen LogP contribution in [0, 0.1) is 17.8 Å². The van der Waals surface area contributed by atoms with Crippen LogP contribution < -0.4 is 4.90 Å². The number of hydrogen-bond donors (Lipinski definition) is 1. The van der Waals surface area contributed by atoms with E-state index in [0.717, 1.165) is 10.0 Å². The van der Waals surface area contributed by atoms with Crippen molar-refractivity contribution in [2.45, 2.75) is 32.3 Å². The normalized spacial score (nSPS) is 27.6. The molecule has 1 aromatic carbocycles. The maximum absolute atomic E-state index is 13.8. The molecule has 4 aliphatic rings. The van der Waals surface area contributed by atoms with Crippen molar-refractivity contribution in [2.75, 3.05) is 4.90 Å². The fourth-order valence-electron chi connectivity index (χ4n) is 6.17. The molecule has 2 aromatic rings. The molecule has 0 radical (unpaired) electrons. The number of furan rings is 1. The van der Waals surface area contributed by atoms with Gasteiger partial charge in [-0.05, 0) is 68.2 Å². The van der Waals surface area contributed by atoms with Crippen molar-refractivity contribution in [3.8, 4) is 0 Å². The molecule has 6 rings (SSSR count). The molecule has 4 atom stereocenters. The number of aliphatic hydroxyl groups is 1. The fourth-order valence-corrected chi connectivity index (χ4v) is 6.43. The number of halogens is 1. The van der Waals surface area contributed by atoms with Crippen LogP contribution in [-0.2, 0) is 25.8 Å². The highest BCUT2D eigenvalue weighted by atomic mass is 79.9. The lowest BCUT2D eigenvalue weighted by molar-refractivity contribution is -0.123. The number of rotatable bonds is 3. The molecule has 1 saturated heterocycles. The monoisotopic (exact) mass is 547 g/mol. The molecule has 182 valence electrons. The maximum atomic E-state index is 13.8. The van der Waals surface area contributed by atoms with Gasteiger partial charge < -0.3 is 9.52 Å². The number of hydrogen-bond acceptors (Lipinski definition) is 6. The smallest absolute Gasteiger partial charge is 0.238 e. The van der Waals surface area contributed by atoms with Crippen LogP contribution in [0.2, 0.25) is 0 Å². The number of carbonyl (C=O) groups excluding carboxylic acids is 4. The van der Waals surface area contributed by atoms with Crippen LogP contribution in [0.3, 0.4) is 0 Å². The predicted molar refractivity (Wildman–Crippen MR) is 133 cm³/mol. The van der Waals surface area contributed by atoms with Crippen molar-refractivity contribution in [3.05, 3.63) is 86.8 Å². The van der Waals surface area contributed by atoms with Gasteiger partial charge >= 0.3 is 0 Å². The highest BCUT2D eigenvalue weighted by Gasteiger charge is 2.57. The first-order chi connectivity index (χ1) is 17.3. The predicted octanol–water partition coefficient (Wildman–Crippen LogP) is 4.17. The zero-order valence-electron chi connectivity index (χ0n) is 19.4. The Bertz CT molecular complexity index is 1440. The largest absolute Gasteiger partial charge is 0.463 e. The van der Waals surface area contributed by atoms with Gasteiger partial charge in [0.1, 0.15) is 18.1 Å². The van der Waals surface area contributed by atoms with Crippen molar-refractivity contribution < 1.29 is 28.7 Å².